The Kier molecular flexibility index (Phi) is 3.62. The molecule has 2 aromatic heterocycles. The summed E-state index contributed by atoms with van der Waals surface area (Å²) in [6.07, 6.45) is 10.3. The van der Waals surface area contributed by atoms with Gasteiger partial charge in [-0.25, -0.2) is 13.4 Å². The summed E-state index contributed by atoms with van der Waals surface area (Å²) in [7, 11) is -3.67. The molecule has 0 bridgehead atoms. The van der Waals surface area contributed by atoms with E-state index in [4.69, 9.17) is 0 Å². The zero-order valence-electron chi connectivity index (χ0n) is 11.7. The molecule has 0 aromatic carbocycles. The second kappa shape index (κ2) is 5.44. The average Bonchev–Trinajstić information content (AvgIpc) is 3.11. The van der Waals surface area contributed by atoms with Crippen LogP contribution >= 0.6 is 0 Å². The van der Waals surface area contributed by atoms with E-state index in [1.54, 1.807) is 17.8 Å². The summed E-state index contributed by atoms with van der Waals surface area (Å²) in [5, 5.41) is 4.18. The van der Waals surface area contributed by atoms with Gasteiger partial charge < -0.3 is 0 Å². The molecular formula is C13H17N5O2S. The van der Waals surface area contributed by atoms with E-state index in [9.17, 15) is 8.42 Å². The van der Waals surface area contributed by atoms with Gasteiger partial charge in [-0.15, -0.1) is 0 Å². The summed E-state index contributed by atoms with van der Waals surface area (Å²) in [6.45, 7) is 1.79. The lowest BCUT2D eigenvalue weighted by Gasteiger charge is -2.08. The molecule has 7 nitrogen and oxygen atoms in total. The van der Waals surface area contributed by atoms with Crippen LogP contribution in [0.4, 0.5) is 5.82 Å². The molecule has 1 saturated carbocycles. The first-order valence-corrected chi connectivity index (χ1v) is 8.38. The summed E-state index contributed by atoms with van der Waals surface area (Å²) in [4.78, 5) is 8.16. The molecule has 2 aromatic rings. The van der Waals surface area contributed by atoms with E-state index in [1.807, 2.05) is 0 Å². The molecule has 0 saturated heterocycles. The van der Waals surface area contributed by atoms with Crippen LogP contribution in [-0.2, 0) is 10.0 Å². The van der Waals surface area contributed by atoms with E-state index in [-0.39, 0.29) is 10.7 Å². The van der Waals surface area contributed by atoms with Crippen molar-refractivity contribution in [3.8, 4) is 0 Å². The highest BCUT2D eigenvalue weighted by Gasteiger charge is 2.22. The summed E-state index contributed by atoms with van der Waals surface area (Å²) in [5.41, 5.74) is 0.729. The lowest BCUT2D eigenvalue weighted by atomic mass is 10.3. The number of hydrogen-bond donors (Lipinski definition) is 1. The quantitative estimate of drug-likeness (QED) is 0.931. The molecule has 1 N–H and O–H groups in total. The van der Waals surface area contributed by atoms with Crippen molar-refractivity contribution in [2.45, 2.75) is 43.5 Å². The fraction of sp³-hybridized carbons (Fsp3) is 0.462. The van der Waals surface area contributed by atoms with Crippen molar-refractivity contribution < 1.29 is 8.42 Å². The maximum absolute atomic E-state index is 12.3. The average molecular weight is 307 g/mol. The Bertz CT molecular complexity index is 717. The van der Waals surface area contributed by atoms with Crippen molar-refractivity contribution in [3.63, 3.8) is 0 Å². The number of anilines is 1. The van der Waals surface area contributed by atoms with E-state index in [0.717, 1.165) is 18.5 Å². The largest absolute Gasteiger partial charge is 0.268 e. The Hall–Kier alpha value is -1.96. The summed E-state index contributed by atoms with van der Waals surface area (Å²) in [5.74, 6) is 0.203. The molecule has 0 aliphatic heterocycles. The van der Waals surface area contributed by atoms with Gasteiger partial charge in [-0.1, -0.05) is 12.8 Å². The molecule has 3 rings (SSSR count). The molecular weight excluding hydrogens is 290 g/mol. The Morgan fingerprint density at radius 2 is 1.95 bits per heavy atom. The molecule has 1 fully saturated rings. The van der Waals surface area contributed by atoms with E-state index >= 15 is 0 Å². The zero-order chi connectivity index (χ0) is 14.9. The minimum Gasteiger partial charge on any atom is -0.268 e. The number of nitrogens with one attached hydrogen (secondary N) is 1. The highest BCUT2D eigenvalue weighted by atomic mass is 32.2. The smallest absolute Gasteiger partial charge is 0.266 e. The normalized spacial score (nSPS) is 16.2. The topological polar surface area (TPSA) is 89.8 Å². The molecule has 0 atom stereocenters. The predicted molar refractivity (Wildman–Crippen MR) is 77.3 cm³/mol. The van der Waals surface area contributed by atoms with Gasteiger partial charge in [0.2, 0.25) is 0 Å². The van der Waals surface area contributed by atoms with Crippen LogP contribution in [-0.4, -0.2) is 28.2 Å². The van der Waals surface area contributed by atoms with Crippen molar-refractivity contribution in [1.82, 2.24) is 19.7 Å². The van der Waals surface area contributed by atoms with Gasteiger partial charge in [0.1, 0.15) is 4.90 Å². The van der Waals surface area contributed by atoms with Gasteiger partial charge in [0.05, 0.1) is 30.3 Å². The molecule has 0 radical (unpaired) electrons. The van der Waals surface area contributed by atoms with Gasteiger partial charge in [-0.3, -0.25) is 14.4 Å². The lowest BCUT2D eigenvalue weighted by molar-refractivity contribution is 0.466. The lowest BCUT2D eigenvalue weighted by Crippen LogP contribution is -2.14. The Morgan fingerprint density at radius 1 is 1.19 bits per heavy atom. The van der Waals surface area contributed by atoms with Crippen LogP contribution in [0.3, 0.4) is 0 Å². The molecule has 0 amide bonds. The molecule has 8 heteroatoms. The first-order valence-electron chi connectivity index (χ1n) is 6.90. The Morgan fingerprint density at radius 3 is 2.62 bits per heavy atom. The van der Waals surface area contributed by atoms with Gasteiger partial charge in [0.15, 0.2) is 5.82 Å². The third-order valence-electron chi connectivity index (χ3n) is 3.61. The van der Waals surface area contributed by atoms with Crippen molar-refractivity contribution in [2.24, 2.45) is 0 Å². The molecule has 0 unspecified atom stereocenters. The van der Waals surface area contributed by atoms with Gasteiger partial charge >= 0.3 is 0 Å². The number of aromatic nitrogens is 4. The van der Waals surface area contributed by atoms with Gasteiger partial charge in [0.25, 0.3) is 10.0 Å². The number of nitrogens with zero attached hydrogens (tertiary/aromatic N) is 4. The Labute approximate surface area is 123 Å². The molecule has 0 spiro atoms. The van der Waals surface area contributed by atoms with Crippen LogP contribution in [0.15, 0.2) is 29.7 Å². The van der Waals surface area contributed by atoms with Crippen molar-refractivity contribution in [1.29, 1.82) is 0 Å². The summed E-state index contributed by atoms with van der Waals surface area (Å²) >= 11 is 0. The van der Waals surface area contributed by atoms with Crippen LogP contribution in [0.2, 0.25) is 0 Å². The van der Waals surface area contributed by atoms with Crippen LogP contribution in [0.5, 0.6) is 0 Å². The SMILES string of the molecule is Cc1cnc(NS(=O)(=O)c2cnn(C3CCCC3)c2)cn1. The van der Waals surface area contributed by atoms with E-state index in [0.29, 0.717) is 6.04 Å². The first-order chi connectivity index (χ1) is 10.0. The molecule has 2 heterocycles. The summed E-state index contributed by atoms with van der Waals surface area (Å²) < 4.78 is 28.7. The van der Waals surface area contributed by atoms with Crippen molar-refractivity contribution in [2.75, 3.05) is 4.72 Å². The fourth-order valence-corrected chi connectivity index (χ4v) is 3.40. The van der Waals surface area contributed by atoms with Crippen molar-refractivity contribution in [3.05, 3.63) is 30.5 Å². The van der Waals surface area contributed by atoms with Crippen LogP contribution < -0.4 is 4.72 Å². The number of hydrogen-bond acceptors (Lipinski definition) is 5. The minimum absolute atomic E-state index is 0.150. The fourth-order valence-electron chi connectivity index (χ4n) is 2.47. The molecule has 1 aliphatic carbocycles. The third kappa shape index (κ3) is 3.05. The Balaban J connectivity index is 1.79. The van der Waals surface area contributed by atoms with E-state index in [2.05, 4.69) is 19.8 Å². The predicted octanol–water partition coefficient (Wildman–Crippen LogP) is 1.90. The third-order valence-corrected chi connectivity index (χ3v) is 4.92. The monoisotopic (exact) mass is 307 g/mol. The molecule has 1 aliphatic rings. The van der Waals surface area contributed by atoms with Crippen LogP contribution in [0.25, 0.3) is 0 Å². The standard InChI is InChI=1S/C13H17N5O2S/c1-10-6-15-13(8-14-10)17-21(19,20)12-7-16-18(9-12)11-4-2-3-5-11/h6-9,11H,2-5H2,1H3,(H,15,17). The minimum atomic E-state index is -3.67. The highest BCUT2D eigenvalue weighted by Crippen LogP contribution is 2.29. The molecule has 21 heavy (non-hydrogen) atoms. The number of aryl methyl sites for hydroxylation is 1. The second-order valence-corrected chi connectivity index (χ2v) is 6.93. The number of rotatable bonds is 4. The highest BCUT2D eigenvalue weighted by molar-refractivity contribution is 7.92. The van der Waals surface area contributed by atoms with E-state index in [1.165, 1.54) is 31.4 Å². The maximum atomic E-state index is 12.3. The summed E-state index contributed by atoms with van der Waals surface area (Å²) in [6, 6.07) is 0.313. The van der Waals surface area contributed by atoms with Gasteiger partial charge in [-0.05, 0) is 19.8 Å². The maximum Gasteiger partial charge on any atom is 0.266 e. The van der Waals surface area contributed by atoms with Gasteiger partial charge in [0, 0.05) is 6.20 Å². The van der Waals surface area contributed by atoms with Crippen LogP contribution in [0.1, 0.15) is 37.4 Å². The van der Waals surface area contributed by atoms with Gasteiger partial charge in [-0.2, -0.15) is 5.10 Å². The van der Waals surface area contributed by atoms with E-state index < -0.39 is 10.0 Å². The molecule has 112 valence electrons. The van der Waals surface area contributed by atoms with Crippen molar-refractivity contribution >= 4 is 15.8 Å². The second-order valence-electron chi connectivity index (χ2n) is 5.24. The van der Waals surface area contributed by atoms with Crippen LogP contribution in [0, 0.1) is 6.92 Å². The number of sulfonamides is 1. The first kappa shape index (κ1) is 14.0. The zero-order valence-corrected chi connectivity index (χ0v) is 12.5.